The summed E-state index contributed by atoms with van der Waals surface area (Å²) in [5, 5.41) is 11.6. The second kappa shape index (κ2) is 9.36. The summed E-state index contributed by atoms with van der Waals surface area (Å²) in [7, 11) is 0. The standard InChI is InChI=1S/C14H20N2O3S/c1-20-9-5-3-2-4-7-16-13(17)11-6-8-15-12(10-11)14(18)19/h6,8,10H,2-5,7,9H2,1H3,(H,16,17)(H,18,19). The number of unbranched alkanes of at least 4 members (excludes halogenated alkanes) is 3. The number of pyridine rings is 1. The number of nitrogens with one attached hydrogen (secondary N) is 1. The van der Waals surface area contributed by atoms with Gasteiger partial charge in [-0.25, -0.2) is 9.78 Å². The maximum Gasteiger partial charge on any atom is 0.354 e. The minimum atomic E-state index is -1.13. The van der Waals surface area contributed by atoms with Gasteiger partial charge in [-0.2, -0.15) is 11.8 Å². The predicted octanol–water partition coefficient (Wildman–Crippen LogP) is 2.43. The summed E-state index contributed by atoms with van der Waals surface area (Å²) in [6, 6.07) is 2.80. The van der Waals surface area contributed by atoms with Crippen molar-refractivity contribution in [3.8, 4) is 0 Å². The normalized spacial score (nSPS) is 10.2. The highest BCUT2D eigenvalue weighted by Gasteiger charge is 2.09. The largest absolute Gasteiger partial charge is 0.477 e. The molecule has 6 heteroatoms. The van der Waals surface area contributed by atoms with E-state index >= 15 is 0 Å². The zero-order valence-electron chi connectivity index (χ0n) is 11.6. The molecule has 0 aliphatic heterocycles. The molecule has 0 unspecified atom stereocenters. The summed E-state index contributed by atoms with van der Waals surface area (Å²) < 4.78 is 0. The minimum absolute atomic E-state index is 0.116. The van der Waals surface area contributed by atoms with Gasteiger partial charge in [0.1, 0.15) is 5.69 Å². The number of carbonyl (C=O) groups excluding carboxylic acids is 1. The SMILES string of the molecule is CSCCCCCCNC(=O)c1ccnc(C(=O)O)c1. The fourth-order valence-electron chi connectivity index (χ4n) is 1.72. The Morgan fingerprint density at radius 3 is 2.75 bits per heavy atom. The number of aromatic nitrogens is 1. The predicted molar refractivity (Wildman–Crippen MR) is 80.4 cm³/mol. The topological polar surface area (TPSA) is 79.3 Å². The van der Waals surface area contributed by atoms with E-state index in [0.717, 1.165) is 12.8 Å². The van der Waals surface area contributed by atoms with E-state index in [1.807, 2.05) is 11.8 Å². The molecule has 0 aliphatic rings. The zero-order chi connectivity index (χ0) is 14.8. The number of hydrogen-bond acceptors (Lipinski definition) is 4. The molecule has 0 radical (unpaired) electrons. The maximum absolute atomic E-state index is 11.8. The van der Waals surface area contributed by atoms with Crippen LogP contribution < -0.4 is 5.32 Å². The van der Waals surface area contributed by atoms with Crippen LogP contribution >= 0.6 is 11.8 Å². The van der Waals surface area contributed by atoms with Crippen molar-refractivity contribution in [3.05, 3.63) is 29.6 Å². The number of carbonyl (C=O) groups is 2. The first-order chi connectivity index (χ1) is 9.65. The third kappa shape index (κ3) is 6.06. The number of nitrogens with zero attached hydrogens (tertiary/aromatic N) is 1. The summed E-state index contributed by atoms with van der Waals surface area (Å²) in [6.45, 7) is 0.614. The van der Waals surface area contributed by atoms with E-state index in [9.17, 15) is 9.59 Å². The van der Waals surface area contributed by atoms with Crippen LogP contribution in [0.5, 0.6) is 0 Å². The summed E-state index contributed by atoms with van der Waals surface area (Å²) in [5.74, 6) is -0.200. The van der Waals surface area contributed by atoms with Crippen molar-refractivity contribution in [3.63, 3.8) is 0 Å². The molecule has 0 aromatic carbocycles. The Labute approximate surface area is 123 Å². The van der Waals surface area contributed by atoms with Crippen molar-refractivity contribution in [2.45, 2.75) is 25.7 Å². The molecule has 1 amide bonds. The molecule has 5 nitrogen and oxygen atoms in total. The third-order valence-electron chi connectivity index (χ3n) is 2.80. The van der Waals surface area contributed by atoms with Crippen molar-refractivity contribution >= 4 is 23.6 Å². The zero-order valence-corrected chi connectivity index (χ0v) is 12.4. The quantitative estimate of drug-likeness (QED) is 0.684. The molecular weight excluding hydrogens is 276 g/mol. The van der Waals surface area contributed by atoms with E-state index in [-0.39, 0.29) is 11.6 Å². The van der Waals surface area contributed by atoms with Crippen molar-refractivity contribution in [2.75, 3.05) is 18.6 Å². The number of hydrogen-bond donors (Lipinski definition) is 2. The van der Waals surface area contributed by atoms with Gasteiger partial charge in [0.25, 0.3) is 5.91 Å². The lowest BCUT2D eigenvalue weighted by molar-refractivity contribution is 0.0690. The van der Waals surface area contributed by atoms with E-state index in [2.05, 4.69) is 16.6 Å². The van der Waals surface area contributed by atoms with Crippen LogP contribution in [-0.2, 0) is 0 Å². The Balaban J connectivity index is 2.29. The van der Waals surface area contributed by atoms with Gasteiger partial charge >= 0.3 is 5.97 Å². The van der Waals surface area contributed by atoms with E-state index in [1.54, 1.807) is 0 Å². The molecule has 0 atom stereocenters. The van der Waals surface area contributed by atoms with Crippen LogP contribution in [0.4, 0.5) is 0 Å². The highest BCUT2D eigenvalue weighted by atomic mass is 32.2. The van der Waals surface area contributed by atoms with Crippen LogP contribution in [0, 0.1) is 0 Å². The summed E-state index contributed by atoms with van der Waals surface area (Å²) in [5.41, 5.74) is 0.217. The van der Waals surface area contributed by atoms with E-state index < -0.39 is 5.97 Å². The molecule has 0 saturated heterocycles. The molecule has 110 valence electrons. The molecule has 1 rings (SSSR count). The summed E-state index contributed by atoms with van der Waals surface area (Å²) >= 11 is 1.85. The minimum Gasteiger partial charge on any atom is -0.477 e. The molecule has 1 aromatic heterocycles. The number of carboxylic acids is 1. The van der Waals surface area contributed by atoms with Crippen LogP contribution in [0.25, 0.3) is 0 Å². The lowest BCUT2D eigenvalue weighted by atomic mass is 10.2. The number of rotatable bonds is 9. The average molecular weight is 296 g/mol. The lowest BCUT2D eigenvalue weighted by Crippen LogP contribution is -2.24. The monoisotopic (exact) mass is 296 g/mol. The van der Waals surface area contributed by atoms with Crippen molar-refractivity contribution in [2.24, 2.45) is 0 Å². The molecule has 1 aromatic rings. The average Bonchev–Trinajstić information content (AvgIpc) is 2.46. The Morgan fingerprint density at radius 1 is 1.30 bits per heavy atom. The van der Waals surface area contributed by atoms with Gasteiger partial charge in [-0.05, 0) is 37.0 Å². The first-order valence-electron chi connectivity index (χ1n) is 6.61. The van der Waals surface area contributed by atoms with Crippen molar-refractivity contribution in [1.82, 2.24) is 10.3 Å². The van der Waals surface area contributed by atoms with Crippen LogP contribution in [0.3, 0.4) is 0 Å². The fourth-order valence-corrected chi connectivity index (χ4v) is 2.21. The van der Waals surface area contributed by atoms with Crippen LogP contribution in [0.1, 0.15) is 46.5 Å². The molecule has 1 heterocycles. The van der Waals surface area contributed by atoms with Gasteiger partial charge in [-0.3, -0.25) is 4.79 Å². The first-order valence-corrected chi connectivity index (χ1v) is 8.01. The van der Waals surface area contributed by atoms with Gasteiger partial charge in [0.05, 0.1) is 0 Å². The smallest absolute Gasteiger partial charge is 0.354 e. The third-order valence-corrected chi connectivity index (χ3v) is 3.50. The molecule has 0 fully saturated rings. The summed E-state index contributed by atoms with van der Waals surface area (Å²) in [4.78, 5) is 26.3. The molecular formula is C14H20N2O3S. The van der Waals surface area contributed by atoms with Gasteiger partial charge in [0.2, 0.25) is 0 Å². The van der Waals surface area contributed by atoms with Gasteiger partial charge in [0, 0.05) is 18.3 Å². The van der Waals surface area contributed by atoms with Gasteiger partial charge in [0.15, 0.2) is 0 Å². The van der Waals surface area contributed by atoms with E-state index in [1.165, 1.54) is 36.9 Å². The highest BCUT2D eigenvalue weighted by Crippen LogP contribution is 2.05. The highest BCUT2D eigenvalue weighted by molar-refractivity contribution is 7.98. The van der Waals surface area contributed by atoms with Crippen LogP contribution in [0.2, 0.25) is 0 Å². The van der Waals surface area contributed by atoms with Crippen LogP contribution in [0.15, 0.2) is 18.3 Å². The summed E-state index contributed by atoms with van der Waals surface area (Å²) in [6.07, 6.45) is 7.85. The maximum atomic E-state index is 11.8. The fraction of sp³-hybridized carbons (Fsp3) is 0.500. The molecule has 0 saturated carbocycles. The Morgan fingerprint density at radius 2 is 2.05 bits per heavy atom. The molecule has 2 N–H and O–H groups in total. The Hall–Kier alpha value is -1.56. The molecule has 0 spiro atoms. The lowest BCUT2D eigenvalue weighted by Gasteiger charge is -2.05. The van der Waals surface area contributed by atoms with Gasteiger partial charge < -0.3 is 10.4 Å². The van der Waals surface area contributed by atoms with Gasteiger partial charge in [-0.15, -0.1) is 0 Å². The Bertz CT molecular complexity index is 452. The molecule has 0 bridgehead atoms. The molecule has 20 heavy (non-hydrogen) atoms. The van der Waals surface area contributed by atoms with Crippen molar-refractivity contribution < 1.29 is 14.7 Å². The number of carboxylic acid groups (broad SMARTS) is 1. The second-order valence-corrected chi connectivity index (χ2v) is 5.38. The number of thioether (sulfide) groups is 1. The first kappa shape index (κ1) is 16.5. The van der Waals surface area contributed by atoms with E-state index in [4.69, 9.17) is 5.11 Å². The van der Waals surface area contributed by atoms with Crippen molar-refractivity contribution in [1.29, 1.82) is 0 Å². The molecule has 0 aliphatic carbocycles. The van der Waals surface area contributed by atoms with E-state index in [0.29, 0.717) is 12.1 Å². The number of amides is 1. The Kier molecular flexibility index (Phi) is 7.72. The van der Waals surface area contributed by atoms with Crippen LogP contribution in [-0.4, -0.2) is 40.5 Å². The van der Waals surface area contributed by atoms with Gasteiger partial charge in [-0.1, -0.05) is 12.8 Å². The second-order valence-electron chi connectivity index (χ2n) is 4.40. The number of aromatic carboxylic acids is 1.